The molecule has 1 aromatic rings. The number of anilines is 1. The van der Waals surface area contributed by atoms with Gasteiger partial charge in [-0.1, -0.05) is 6.42 Å². The third-order valence-electron chi connectivity index (χ3n) is 4.74. The van der Waals surface area contributed by atoms with E-state index in [0.717, 1.165) is 18.2 Å². The van der Waals surface area contributed by atoms with Crippen LogP contribution < -0.4 is 5.32 Å². The van der Waals surface area contributed by atoms with Gasteiger partial charge in [0.1, 0.15) is 5.69 Å². The van der Waals surface area contributed by atoms with Crippen molar-refractivity contribution in [3.05, 3.63) is 18.0 Å². The normalized spacial score (nSPS) is 30.5. The van der Waals surface area contributed by atoms with Crippen LogP contribution in [0.1, 0.15) is 38.3 Å². The summed E-state index contributed by atoms with van der Waals surface area (Å²) >= 11 is 0. The van der Waals surface area contributed by atoms with Crippen molar-refractivity contribution >= 4 is 5.95 Å². The summed E-state index contributed by atoms with van der Waals surface area (Å²) in [5.74, 6) is 2.15. The first-order valence-corrected chi connectivity index (χ1v) is 7.10. The fraction of sp³-hybridized carbons (Fsp3) is 0.714. The summed E-state index contributed by atoms with van der Waals surface area (Å²) in [6.07, 6.45) is 1.76. The van der Waals surface area contributed by atoms with E-state index in [1.807, 2.05) is 6.92 Å². The van der Waals surface area contributed by atoms with Crippen molar-refractivity contribution in [2.24, 2.45) is 17.8 Å². The second-order valence-corrected chi connectivity index (χ2v) is 6.03. The topological polar surface area (TPSA) is 37.8 Å². The summed E-state index contributed by atoms with van der Waals surface area (Å²) in [5.41, 5.74) is -0.893. The largest absolute Gasteiger partial charge is 0.433 e. The molecule has 1 heterocycles. The quantitative estimate of drug-likeness (QED) is 0.919. The van der Waals surface area contributed by atoms with Crippen LogP contribution in [0.4, 0.5) is 19.1 Å². The molecule has 1 aromatic heterocycles. The van der Waals surface area contributed by atoms with Crippen molar-refractivity contribution in [1.29, 1.82) is 0 Å². The number of hydrogen-bond acceptors (Lipinski definition) is 3. The zero-order valence-corrected chi connectivity index (χ0v) is 11.3. The Morgan fingerprint density at radius 2 is 2.10 bits per heavy atom. The smallest absolute Gasteiger partial charge is 0.351 e. The minimum Gasteiger partial charge on any atom is -0.351 e. The third-order valence-corrected chi connectivity index (χ3v) is 4.74. The predicted octanol–water partition coefficient (Wildman–Crippen LogP) is 3.73. The molecule has 3 nitrogen and oxygen atoms in total. The standard InChI is InChI=1S/C14H18F3N3/c1-8(11-7-9-2-3-10(11)6-9)19-13-18-5-4-12(20-13)14(15,16)17/h4-5,8-11H,2-3,6-7H2,1H3,(H,18,19,20). The Bertz CT molecular complexity index is 489. The highest BCUT2D eigenvalue weighted by Gasteiger charge is 2.42. The molecule has 2 aliphatic carbocycles. The summed E-state index contributed by atoms with van der Waals surface area (Å²) in [5, 5.41) is 3.06. The summed E-state index contributed by atoms with van der Waals surface area (Å²) < 4.78 is 37.8. The number of halogens is 3. The molecule has 2 saturated carbocycles. The molecule has 2 bridgehead atoms. The van der Waals surface area contributed by atoms with Crippen molar-refractivity contribution in [2.75, 3.05) is 5.32 Å². The second-order valence-electron chi connectivity index (χ2n) is 6.03. The fourth-order valence-corrected chi connectivity index (χ4v) is 3.80. The summed E-state index contributed by atoms with van der Waals surface area (Å²) in [6, 6.07) is 1.02. The SMILES string of the molecule is CC(Nc1nccc(C(F)(F)F)n1)C1CC2CCC1C2. The van der Waals surface area contributed by atoms with Gasteiger partial charge in [0.25, 0.3) is 0 Å². The lowest BCUT2D eigenvalue weighted by molar-refractivity contribution is -0.141. The van der Waals surface area contributed by atoms with Crippen LogP contribution in [0.15, 0.2) is 12.3 Å². The molecule has 2 fully saturated rings. The minimum atomic E-state index is -4.42. The Balaban J connectivity index is 1.68. The van der Waals surface area contributed by atoms with E-state index in [4.69, 9.17) is 0 Å². The number of aromatic nitrogens is 2. The number of fused-ring (bicyclic) bond motifs is 2. The molecule has 0 amide bonds. The van der Waals surface area contributed by atoms with Crippen LogP contribution in [0, 0.1) is 17.8 Å². The van der Waals surface area contributed by atoms with Gasteiger partial charge in [-0.25, -0.2) is 9.97 Å². The van der Waals surface area contributed by atoms with Gasteiger partial charge in [0, 0.05) is 12.2 Å². The van der Waals surface area contributed by atoms with Crippen LogP contribution in [-0.2, 0) is 6.18 Å². The molecule has 4 atom stereocenters. The van der Waals surface area contributed by atoms with Crippen LogP contribution >= 0.6 is 0 Å². The lowest BCUT2D eigenvalue weighted by atomic mass is 9.84. The Morgan fingerprint density at radius 1 is 1.30 bits per heavy atom. The average Bonchev–Trinajstić information content (AvgIpc) is 3.00. The number of alkyl halides is 3. The van der Waals surface area contributed by atoms with Crippen LogP contribution in [-0.4, -0.2) is 16.0 Å². The zero-order valence-electron chi connectivity index (χ0n) is 11.3. The highest BCUT2D eigenvalue weighted by Crippen LogP contribution is 2.49. The van der Waals surface area contributed by atoms with E-state index < -0.39 is 11.9 Å². The molecule has 4 unspecified atom stereocenters. The molecular weight excluding hydrogens is 267 g/mol. The molecule has 0 aromatic carbocycles. The molecular formula is C14H18F3N3. The highest BCUT2D eigenvalue weighted by molar-refractivity contribution is 5.28. The van der Waals surface area contributed by atoms with Crippen molar-refractivity contribution in [1.82, 2.24) is 9.97 Å². The lowest BCUT2D eigenvalue weighted by Crippen LogP contribution is -2.30. The Morgan fingerprint density at radius 3 is 2.70 bits per heavy atom. The number of rotatable bonds is 3. The van der Waals surface area contributed by atoms with Gasteiger partial charge in [-0.3, -0.25) is 0 Å². The molecule has 2 aliphatic rings. The molecule has 0 radical (unpaired) electrons. The maximum atomic E-state index is 12.6. The van der Waals surface area contributed by atoms with E-state index in [2.05, 4.69) is 15.3 Å². The summed E-state index contributed by atoms with van der Waals surface area (Å²) in [6.45, 7) is 2.02. The van der Waals surface area contributed by atoms with Crippen molar-refractivity contribution in [2.45, 2.75) is 44.8 Å². The highest BCUT2D eigenvalue weighted by atomic mass is 19.4. The van der Waals surface area contributed by atoms with E-state index in [-0.39, 0.29) is 12.0 Å². The lowest BCUT2D eigenvalue weighted by Gasteiger charge is -2.28. The van der Waals surface area contributed by atoms with E-state index in [1.165, 1.54) is 25.7 Å². The number of nitrogens with one attached hydrogen (secondary N) is 1. The maximum Gasteiger partial charge on any atom is 0.433 e. The average molecular weight is 285 g/mol. The van der Waals surface area contributed by atoms with E-state index in [1.54, 1.807) is 0 Å². The van der Waals surface area contributed by atoms with Crippen molar-refractivity contribution < 1.29 is 13.2 Å². The molecule has 0 saturated heterocycles. The first-order valence-electron chi connectivity index (χ1n) is 7.10. The van der Waals surface area contributed by atoms with Gasteiger partial charge in [-0.2, -0.15) is 13.2 Å². The van der Waals surface area contributed by atoms with Crippen LogP contribution in [0.5, 0.6) is 0 Å². The van der Waals surface area contributed by atoms with Gasteiger partial charge >= 0.3 is 6.18 Å². The maximum absolute atomic E-state index is 12.6. The van der Waals surface area contributed by atoms with Gasteiger partial charge in [0.05, 0.1) is 0 Å². The van der Waals surface area contributed by atoms with Gasteiger partial charge < -0.3 is 5.32 Å². The van der Waals surface area contributed by atoms with Crippen LogP contribution in [0.25, 0.3) is 0 Å². The molecule has 6 heteroatoms. The van der Waals surface area contributed by atoms with Crippen LogP contribution in [0.3, 0.4) is 0 Å². The molecule has 20 heavy (non-hydrogen) atoms. The first kappa shape index (κ1) is 13.6. The summed E-state index contributed by atoms with van der Waals surface area (Å²) in [7, 11) is 0. The van der Waals surface area contributed by atoms with Crippen molar-refractivity contribution in [3.63, 3.8) is 0 Å². The monoisotopic (exact) mass is 285 g/mol. The molecule has 0 aliphatic heterocycles. The second kappa shape index (κ2) is 4.90. The predicted molar refractivity (Wildman–Crippen MR) is 69.1 cm³/mol. The van der Waals surface area contributed by atoms with Gasteiger partial charge in [-0.15, -0.1) is 0 Å². The molecule has 110 valence electrons. The van der Waals surface area contributed by atoms with Gasteiger partial charge in [-0.05, 0) is 50.0 Å². The molecule has 3 rings (SSSR count). The first-order chi connectivity index (χ1) is 9.43. The van der Waals surface area contributed by atoms with E-state index in [0.29, 0.717) is 11.8 Å². The van der Waals surface area contributed by atoms with Gasteiger partial charge in [0.2, 0.25) is 5.95 Å². The van der Waals surface area contributed by atoms with Crippen LogP contribution in [0.2, 0.25) is 0 Å². The number of hydrogen-bond donors (Lipinski definition) is 1. The minimum absolute atomic E-state index is 0.0788. The third kappa shape index (κ3) is 2.60. The summed E-state index contributed by atoms with van der Waals surface area (Å²) in [4.78, 5) is 7.47. The Kier molecular flexibility index (Phi) is 3.34. The van der Waals surface area contributed by atoms with E-state index >= 15 is 0 Å². The number of nitrogens with zero attached hydrogens (tertiary/aromatic N) is 2. The zero-order chi connectivity index (χ0) is 14.3. The molecule has 1 N–H and O–H groups in total. The Labute approximate surface area is 116 Å². The van der Waals surface area contributed by atoms with Gasteiger partial charge in [0.15, 0.2) is 0 Å². The van der Waals surface area contributed by atoms with Crippen molar-refractivity contribution in [3.8, 4) is 0 Å². The molecule has 0 spiro atoms. The Hall–Kier alpha value is -1.33. The fourth-order valence-electron chi connectivity index (χ4n) is 3.80. The van der Waals surface area contributed by atoms with E-state index in [9.17, 15) is 13.2 Å².